The maximum Gasteiger partial charge on any atom is 0.310 e. The zero-order valence-electron chi connectivity index (χ0n) is 7.84. The van der Waals surface area contributed by atoms with Crippen molar-refractivity contribution in [1.29, 1.82) is 0 Å². The van der Waals surface area contributed by atoms with Crippen molar-refractivity contribution in [2.75, 3.05) is 5.75 Å². The molecule has 6 nitrogen and oxygen atoms in total. The van der Waals surface area contributed by atoms with Crippen LogP contribution in [-0.4, -0.2) is 39.0 Å². The van der Waals surface area contributed by atoms with Crippen LogP contribution < -0.4 is 0 Å². The van der Waals surface area contributed by atoms with Crippen LogP contribution in [0, 0.1) is 5.41 Å². The highest BCUT2D eigenvalue weighted by atomic mass is 32.1. The van der Waals surface area contributed by atoms with Crippen LogP contribution in [0.4, 0.5) is 0 Å². The SMILES string of the molecule is O=C(O)CC(CCS)(CC(=O)O)C(=O)O. The van der Waals surface area contributed by atoms with Gasteiger partial charge in [0.15, 0.2) is 0 Å². The summed E-state index contributed by atoms with van der Waals surface area (Å²) in [4.78, 5) is 31.9. The van der Waals surface area contributed by atoms with E-state index in [1.54, 1.807) is 0 Å². The quantitative estimate of drug-likeness (QED) is 0.474. The molecule has 0 heterocycles. The summed E-state index contributed by atoms with van der Waals surface area (Å²) in [5.41, 5.74) is -1.76. The Bertz CT molecular complexity index is 258. The smallest absolute Gasteiger partial charge is 0.310 e. The Morgan fingerprint density at radius 1 is 1.00 bits per heavy atom. The Labute approximate surface area is 91.3 Å². The number of carboxylic acids is 3. The molecule has 0 amide bonds. The van der Waals surface area contributed by atoms with Gasteiger partial charge in [-0.25, -0.2) is 0 Å². The lowest BCUT2D eigenvalue weighted by Crippen LogP contribution is -2.36. The van der Waals surface area contributed by atoms with E-state index in [1.807, 2.05) is 0 Å². The molecule has 15 heavy (non-hydrogen) atoms. The second-order valence-electron chi connectivity index (χ2n) is 3.20. The molecule has 0 aromatic rings. The molecule has 0 saturated heterocycles. The summed E-state index contributed by atoms with van der Waals surface area (Å²) in [6, 6.07) is 0. The average Bonchev–Trinajstić information content (AvgIpc) is 2.01. The largest absolute Gasteiger partial charge is 0.481 e. The van der Waals surface area contributed by atoms with Gasteiger partial charge in [0.2, 0.25) is 0 Å². The van der Waals surface area contributed by atoms with E-state index >= 15 is 0 Å². The van der Waals surface area contributed by atoms with E-state index < -0.39 is 36.2 Å². The number of rotatable bonds is 7. The van der Waals surface area contributed by atoms with Gasteiger partial charge in [-0.2, -0.15) is 12.6 Å². The molecule has 3 N–H and O–H groups in total. The molecule has 0 aliphatic rings. The Kier molecular flexibility index (Phi) is 5.13. The fraction of sp³-hybridized carbons (Fsp3) is 0.625. The van der Waals surface area contributed by atoms with Crippen molar-refractivity contribution in [3.8, 4) is 0 Å². The van der Waals surface area contributed by atoms with Gasteiger partial charge < -0.3 is 15.3 Å². The molecule has 0 spiro atoms. The molecule has 0 fully saturated rings. The van der Waals surface area contributed by atoms with Crippen LogP contribution in [0.2, 0.25) is 0 Å². The van der Waals surface area contributed by atoms with Crippen LogP contribution in [0.15, 0.2) is 0 Å². The number of carboxylic acid groups (broad SMARTS) is 3. The lowest BCUT2D eigenvalue weighted by molar-refractivity contribution is -0.160. The summed E-state index contributed by atoms with van der Waals surface area (Å²) in [7, 11) is 0. The molecule has 0 aliphatic carbocycles. The maximum absolute atomic E-state index is 10.9. The molecule has 0 unspecified atom stereocenters. The first-order valence-corrected chi connectivity index (χ1v) is 4.75. The Morgan fingerprint density at radius 3 is 1.60 bits per heavy atom. The molecular weight excluding hydrogens is 224 g/mol. The molecule has 0 rings (SSSR count). The number of thiol groups is 1. The summed E-state index contributed by atoms with van der Waals surface area (Å²) < 4.78 is 0. The van der Waals surface area contributed by atoms with Crippen molar-refractivity contribution >= 4 is 30.5 Å². The third-order valence-corrected chi connectivity index (χ3v) is 2.25. The molecule has 0 radical (unpaired) electrons. The van der Waals surface area contributed by atoms with Crippen molar-refractivity contribution in [2.24, 2.45) is 5.41 Å². The van der Waals surface area contributed by atoms with Crippen molar-refractivity contribution in [1.82, 2.24) is 0 Å². The molecule has 0 bridgehead atoms. The standard InChI is InChI=1S/C8H12O6S/c9-5(10)3-8(1-2-15,7(13)14)4-6(11)12/h15H,1-4H2,(H,9,10)(H,11,12)(H,13,14). The van der Waals surface area contributed by atoms with Crippen LogP contribution in [0.25, 0.3) is 0 Å². The van der Waals surface area contributed by atoms with Crippen molar-refractivity contribution < 1.29 is 29.7 Å². The highest BCUT2D eigenvalue weighted by Crippen LogP contribution is 2.32. The second-order valence-corrected chi connectivity index (χ2v) is 3.65. The molecule has 86 valence electrons. The molecular formula is C8H12O6S. The molecule has 0 aromatic carbocycles. The third-order valence-electron chi connectivity index (χ3n) is 2.02. The Hall–Kier alpha value is -1.24. The number of hydrogen-bond donors (Lipinski definition) is 4. The molecule has 0 atom stereocenters. The van der Waals surface area contributed by atoms with Crippen LogP contribution in [0.3, 0.4) is 0 Å². The van der Waals surface area contributed by atoms with Gasteiger partial charge >= 0.3 is 17.9 Å². The number of aliphatic carboxylic acids is 3. The lowest BCUT2D eigenvalue weighted by Gasteiger charge is -2.25. The molecule has 0 aromatic heterocycles. The zero-order chi connectivity index (χ0) is 12.1. The van der Waals surface area contributed by atoms with Crippen molar-refractivity contribution in [2.45, 2.75) is 19.3 Å². The van der Waals surface area contributed by atoms with Crippen LogP contribution >= 0.6 is 12.6 Å². The summed E-state index contributed by atoms with van der Waals surface area (Å²) in [5, 5.41) is 26.0. The monoisotopic (exact) mass is 236 g/mol. The highest BCUT2D eigenvalue weighted by Gasteiger charge is 2.42. The van der Waals surface area contributed by atoms with Gasteiger partial charge in [0.05, 0.1) is 18.3 Å². The van der Waals surface area contributed by atoms with Crippen molar-refractivity contribution in [3.05, 3.63) is 0 Å². The first-order valence-electron chi connectivity index (χ1n) is 4.12. The van der Waals surface area contributed by atoms with E-state index in [2.05, 4.69) is 12.6 Å². The van der Waals surface area contributed by atoms with E-state index in [9.17, 15) is 14.4 Å². The summed E-state index contributed by atoms with van der Waals surface area (Å²) in [6.07, 6.45) is -1.52. The first kappa shape index (κ1) is 13.8. The maximum atomic E-state index is 10.9. The Morgan fingerprint density at radius 2 is 1.40 bits per heavy atom. The molecule has 0 saturated carbocycles. The van der Waals surface area contributed by atoms with Gasteiger partial charge in [-0.3, -0.25) is 14.4 Å². The van der Waals surface area contributed by atoms with Gasteiger partial charge in [0.1, 0.15) is 0 Å². The van der Waals surface area contributed by atoms with Gasteiger partial charge in [-0.1, -0.05) is 0 Å². The van der Waals surface area contributed by atoms with Gasteiger partial charge in [-0.05, 0) is 12.2 Å². The van der Waals surface area contributed by atoms with E-state index in [4.69, 9.17) is 15.3 Å². The summed E-state index contributed by atoms with van der Waals surface area (Å²) >= 11 is 3.80. The van der Waals surface area contributed by atoms with Gasteiger partial charge in [-0.15, -0.1) is 0 Å². The zero-order valence-corrected chi connectivity index (χ0v) is 8.74. The third kappa shape index (κ3) is 4.20. The van der Waals surface area contributed by atoms with Crippen LogP contribution in [0.1, 0.15) is 19.3 Å². The van der Waals surface area contributed by atoms with Gasteiger partial charge in [0.25, 0.3) is 0 Å². The normalized spacial score (nSPS) is 11.0. The van der Waals surface area contributed by atoms with Gasteiger partial charge in [0, 0.05) is 0 Å². The van der Waals surface area contributed by atoms with E-state index in [0.29, 0.717) is 0 Å². The molecule has 7 heteroatoms. The van der Waals surface area contributed by atoms with E-state index in [-0.39, 0.29) is 12.2 Å². The highest BCUT2D eigenvalue weighted by molar-refractivity contribution is 7.80. The second kappa shape index (κ2) is 5.59. The van der Waals surface area contributed by atoms with Crippen LogP contribution in [-0.2, 0) is 14.4 Å². The van der Waals surface area contributed by atoms with E-state index in [0.717, 1.165) is 0 Å². The lowest BCUT2D eigenvalue weighted by atomic mass is 9.78. The topological polar surface area (TPSA) is 112 Å². The predicted molar refractivity (Wildman–Crippen MR) is 53.0 cm³/mol. The minimum absolute atomic E-state index is 0.0932. The van der Waals surface area contributed by atoms with Crippen LogP contribution in [0.5, 0.6) is 0 Å². The minimum Gasteiger partial charge on any atom is -0.481 e. The predicted octanol–water partition coefficient (Wildman–Crippen LogP) is 0.327. The summed E-state index contributed by atoms with van der Waals surface area (Å²) in [5.74, 6) is -3.96. The van der Waals surface area contributed by atoms with E-state index in [1.165, 1.54) is 0 Å². The fourth-order valence-electron chi connectivity index (χ4n) is 1.29. The number of hydrogen-bond acceptors (Lipinski definition) is 4. The average molecular weight is 236 g/mol. The fourth-order valence-corrected chi connectivity index (χ4v) is 1.72. The molecule has 0 aliphatic heterocycles. The van der Waals surface area contributed by atoms with Crippen molar-refractivity contribution in [3.63, 3.8) is 0 Å². The minimum atomic E-state index is -1.76. The summed E-state index contributed by atoms with van der Waals surface area (Å²) in [6.45, 7) is 0. The number of carbonyl (C=O) groups is 3. The first-order chi connectivity index (χ1) is 6.84. The Balaban J connectivity index is 4.96.